The van der Waals surface area contributed by atoms with Gasteiger partial charge in [-0.1, -0.05) is 31.2 Å². The van der Waals surface area contributed by atoms with Gasteiger partial charge in [-0.3, -0.25) is 4.79 Å². The number of amides is 1. The third-order valence-corrected chi connectivity index (χ3v) is 3.56. The highest BCUT2D eigenvalue weighted by Gasteiger charge is 2.11. The number of nitrogens with one attached hydrogen (secondary N) is 1. The zero-order valence-electron chi connectivity index (χ0n) is 12.6. The maximum Gasteiger partial charge on any atom is 0.236 e. The van der Waals surface area contributed by atoms with Crippen LogP contribution in [0.2, 0.25) is 0 Å². The highest BCUT2D eigenvalue weighted by Crippen LogP contribution is 2.13. The first-order valence-electron chi connectivity index (χ1n) is 7.22. The third-order valence-electron chi connectivity index (χ3n) is 3.56. The predicted octanol–water partition coefficient (Wildman–Crippen LogP) is 2.77. The molecule has 0 saturated heterocycles. The van der Waals surface area contributed by atoms with Crippen molar-refractivity contribution >= 4 is 5.91 Å². The Balaban J connectivity index is 2.50. The van der Waals surface area contributed by atoms with E-state index in [0.717, 1.165) is 19.5 Å². The first-order chi connectivity index (χ1) is 9.12. The zero-order chi connectivity index (χ0) is 14.3. The lowest BCUT2D eigenvalue weighted by Crippen LogP contribution is -2.38. The standard InChI is InChI=1S/C16H26N2O/c1-5-14-8-10-15(11-9-14)13(4)17-12-16(19)18(6-2)7-3/h8-11,13,17H,5-7,12H2,1-4H3. The van der Waals surface area contributed by atoms with E-state index in [0.29, 0.717) is 6.54 Å². The summed E-state index contributed by atoms with van der Waals surface area (Å²) in [4.78, 5) is 13.8. The van der Waals surface area contributed by atoms with E-state index in [4.69, 9.17) is 0 Å². The van der Waals surface area contributed by atoms with E-state index in [1.807, 2.05) is 18.7 Å². The van der Waals surface area contributed by atoms with Gasteiger partial charge >= 0.3 is 0 Å². The van der Waals surface area contributed by atoms with Crippen LogP contribution in [-0.2, 0) is 11.2 Å². The molecule has 1 aromatic rings. The quantitative estimate of drug-likeness (QED) is 0.819. The Morgan fingerprint density at radius 3 is 2.21 bits per heavy atom. The Kier molecular flexibility index (Phi) is 6.57. The van der Waals surface area contributed by atoms with Gasteiger partial charge in [0.05, 0.1) is 6.54 Å². The molecule has 0 spiro atoms. The van der Waals surface area contributed by atoms with Gasteiger partial charge in [-0.15, -0.1) is 0 Å². The monoisotopic (exact) mass is 262 g/mol. The largest absolute Gasteiger partial charge is 0.342 e. The molecule has 19 heavy (non-hydrogen) atoms. The van der Waals surface area contributed by atoms with Gasteiger partial charge in [0.2, 0.25) is 5.91 Å². The van der Waals surface area contributed by atoms with Gasteiger partial charge in [-0.2, -0.15) is 0 Å². The molecule has 0 bridgehead atoms. The second kappa shape index (κ2) is 7.95. The van der Waals surface area contributed by atoms with Gasteiger partial charge in [0, 0.05) is 19.1 Å². The molecule has 1 atom stereocenters. The van der Waals surface area contributed by atoms with Crippen LogP contribution in [0.15, 0.2) is 24.3 Å². The molecule has 0 saturated carbocycles. The molecule has 3 heteroatoms. The van der Waals surface area contributed by atoms with Crippen molar-refractivity contribution in [2.45, 2.75) is 40.2 Å². The molecule has 106 valence electrons. The number of carbonyl (C=O) groups excluding carboxylic acids is 1. The first kappa shape index (κ1) is 15.7. The molecule has 0 heterocycles. The zero-order valence-corrected chi connectivity index (χ0v) is 12.6. The second-order valence-electron chi connectivity index (χ2n) is 4.76. The van der Waals surface area contributed by atoms with E-state index >= 15 is 0 Å². The molecule has 0 radical (unpaired) electrons. The van der Waals surface area contributed by atoms with Crippen molar-refractivity contribution in [2.75, 3.05) is 19.6 Å². The number of nitrogens with zero attached hydrogens (tertiary/aromatic N) is 1. The van der Waals surface area contributed by atoms with Gasteiger partial charge in [-0.05, 0) is 38.3 Å². The van der Waals surface area contributed by atoms with Crippen LogP contribution in [0, 0.1) is 0 Å². The summed E-state index contributed by atoms with van der Waals surface area (Å²) in [6.45, 7) is 10.2. The number of benzene rings is 1. The Morgan fingerprint density at radius 1 is 1.16 bits per heavy atom. The normalized spacial score (nSPS) is 12.2. The van der Waals surface area contributed by atoms with Crippen molar-refractivity contribution in [1.82, 2.24) is 10.2 Å². The summed E-state index contributed by atoms with van der Waals surface area (Å²) in [5.74, 6) is 0.169. The fourth-order valence-electron chi connectivity index (χ4n) is 2.09. The first-order valence-corrected chi connectivity index (χ1v) is 7.22. The second-order valence-corrected chi connectivity index (χ2v) is 4.76. The van der Waals surface area contributed by atoms with Crippen molar-refractivity contribution < 1.29 is 4.79 Å². The van der Waals surface area contributed by atoms with Crippen LogP contribution in [0.5, 0.6) is 0 Å². The van der Waals surface area contributed by atoms with Crippen molar-refractivity contribution in [2.24, 2.45) is 0 Å². The molecule has 1 N–H and O–H groups in total. The van der Waals surface area contributed by atoms with E-state index in [-0.39, 0.29) is 11.9 Å². The lowest BCUT2D eigenvalue weighted by Gasteiger charge is -2.21. The lowest BCUT2D eigenvalue weighted by atomic mass is 10.1. The summed E-state index contributed by atoms with van der Waals surface area (Å²) in [7, 11) is 0. The topological polar surface area (TPSA) is 32.3 Å². The Hall–Kier alpha value is -1.35. The molecule has 3 nitrogen and oxygen atoms in total. The van der Waals surface area contributed by atoms with Gasteiger partial charge in [0.1, 0.15) is 0 Å². The number of rotatable bonds is 7. The maximum absolute atomic E-state index is 11.9. The van der Waals surface area contributed by atoms with E-state index in [1.54, 1.807) is 0 Å². The molecule has 0 fully saturated rings. The smallest absolute Gasteiger partial charge is 0.236 e. The van der Waals surface area contributed by atoms with Crippen molar-refractivity contribution in [3.05, 3.63) is 35.4 Å². The molecular formula is C16H26N2O. The SMILES string of the molecule is CCc1ccc(C(C)NCC(=O)N(CC)CC)cc1. The average molecular weight is 262 g/mol. The van der Waals surface area contributed by atoms with E-state index < -0.39 is 0 Å². The van der Waals surface area contributed by atoms with Crippen molar-refractivity contribution in [3.8, 4) is 0 Å². The summed E-state index contributed by atoms with van der Waals surface area (Å²) < 4.78 is 0. The van der Waals surface area contributed by atoms with Crippen LogP contribution >= 0.6 is 0 Å². The number of aryl methyl sites for hydroxylation is 1. The molecule has 1 unspecified atom stereocenters. The Morgan fingerprint density at radius 2 is 1.74 bits per heavy atom. The summed E-state index contributed by atoms with van der Waals surface area (Å²) in [6, 6.07) is 8.78. The molecule has 0 aliphatic rings. The fraction of sp³-hybridized carbons (Fsp3) is 0.562. The van der Waals surface area contributed by atoms with E-state index in [9.17, 15) is 4.79 Å². The minimum Gasteiger partial charge on any atom is -0.342 e. The lowest BCUT2D eigenvalue weighted by molar-refractivity contribution is -0.129. The van der Waals surface area contributed by atoms with Crippen LogP contribution in [0.1, 0.15) is 44.9 Å². The fourth-order valence-corrected chi connectivity index (χ4v) is 2.09. The number of hydrogen-bond donors (Lipinski definition) is 1. The highest BCUT2D eigenvalue weighted by atomic mass is 16.2. The van der Waals surface area contributed by atoms with Crippen LogP contribution in [0.4, 0.5) is 0 Å². The molecule has 0 aromatic heterocycles. The van der Waals surface area contributed by atoms with E-state index in [2.05, 4.69) is 43.4 Å². The van der Waals surface area contributed by atoms with Gasteiger partial charge in [0.25, 0.3) is 0 Å². The minimum absolute atomic E-state index is 0.169. The molecule has 1 aromatic carbocycles. The average Bonchev–Trinajstić information content (AvgIpc) is 2.46. The maximum atomic E-state index is 11.9. The Bertz CT molecular complexity index is 382. The van der Waals surface area contributed by atoms with Crippen LogP contribution in [0.3, 0.4) is 0 Å². The summed E-state index contributed by atoms with van der Waals surface area (Å²) in [5, 5.41) is 3.29. The molecule has 0 aliphatic heterocycles. The van der Waals surface area contributed by atoms with Gasteiger partial charge in [0.15, 0.2) is 0 Å². The van der Waals surface area contributed by atoms with Gasteiger partial charge in [-0.25, -0.2) is 0 Å². The Labute approximate surface area is 117 Å². The number of hydrogen-bond acceptors (Lipinski definition) is 2. The van der Waals surface area contributed by atoms with Crippen LogP contribution in [0.25, 0.3) is 0 Å². The summed E-state index contributed by atoms with van der Waals surface area (Å²) in [5.41, 5.74) is 2.57. The highest BCUT2D eigenvalue weighted by molar-refractivity contribution is 5.78. The predicted molar refractivity (Wildman–Crippen MR) is 80.2 cm³/mol. The van der Waals surface area contributed by atoms with Crippen LogP contribution in [-0.4, -0.2) is 30.4 Å². The molecule has 0 aliphatic carbocycles. The molecule has 1 rings (SSSR count). The van der Waals surface area contributed by atoms with Crippen molar-refractivity contribution in [1.29, 1.82) is 0 Å². The van der Waals surface area contributed by atoms with Crippen LogP contribution < -0.4 is 5.32 Å². The minimum atomic E-state index is 0.169. The van der Waals surface area contributed by atoms with E-state index in [1.165, 1.54) is 11.1 Å². The van der Waals surface area contributed by atoms with Crippen molar-refractivity contribution in [3.63, 3.8) is 0 Å². The molecular weight excluding hydrogens is 236 g/mol. The summed E-state index contributed by atoms with van der Waals surface area (Å²) in [6.07, 6.45) is 1.06. The summed E-state index contributed by atoms with van der Waals surface area (Å²) >= 11 is 0. The third kappa shape index (κ3) is 4.67. The number of likely N-dealkylation sites (N-methyl/N-ethyl adjacent to an activating group) is 1. The van der Waals surface area contributed by atoms with Gasteiger partial charge < -0.3 is 10.2 Å². The molecule has 1 amide bonds. The number of carbonyl (C=O) groups is 1.